The minimum Gasteiger partial charge on any atom is -0.372 e. The number of hydrogen-bond donors (Lipinski definition) is 5. The van der Waals surface area contributed by atoms with Crippen LogP contribution < -0.4 is 28.1 Å². The lowest BCUT2D eigenvalue weighted by molar-refractivity contribution is -0.106. The zero-order chi connectivity index (χ0) is 20.0. The molecular formula is C20H53N5O. The van der Waals surface area contributed by atoms with Crippen molar-refractivity contribution in [2.75, 3.05) is 26.2 Å². The van der Waals surface area contributed by atoms with E-state index in [1.54, 1.807) is 0 Å². The summed E-state index contributed by atoms with van der Waals surface area (Å²) >= 11 is 0. The average molecular weight is 380 g/mol. The van der Waals surface area contributed by atoms with E-state index in [2.05, 4.69) is 44.2 Å². The van der Waals surface area contributed by atoms with Crippen LogP contribution >= 0.6 is 0 Å². The molecule has 8 N–H and O–H groups in total. The standard InChI is InChI=1S/C8H21N3.C6H15N.C4H10.CH3NO.CH4/c1-2-3-4-6-10-7-5-8-11-9;1-2-3-4-5-6-7;1-3-4-2;2-1-3;/h10-11H,2-9H2,1H3;2-7H2,1H3;3-4H2,1-2H3;1H,(H2,2,3);1H4. The molecule has 0 aliphatic rings. The Morgan fingerprint density at radius 2 is 1.19 bits per heavy atom. The lowest BCUT2D eigenvalue weighted by Gasteiger charge is -2.02. The van der Waals surface area contributed by atoms with E-state index in [0.29, 0.717) is 0 Å². The molecule has 1 amide bonds. The zero-order valence-electron chi connectivity index (χ0n) is 17.6. The summed E-state index contributed by atoms with van der Waals surface area (Å²) in [5, 5.41) is 3.36. The van der Waals surface area contributed by atoms with E-state index >= 15 is 0 Å². The molecule has 0 aromatic carbocycles. The maximum Gasteiger partial charge on any atom is 0.204 e. The molecule has 0 aromatic heterocycles. The van der Waals surface area contributed by atoms with Crippen LogP contribution in [0.1, 0.15) is 99.3 Å². The van der Waals surface area contributed by atoms with E-state index in [1.807, 2.05) is 0 Å². The van der Waals surface area contributed by atoms with Crippen molar-refractivity contribution < 1.29 is 4.79 Å². The first kappa shape index (κ1) is 36.3. The van der Waals surface area contributed by atoms with Gasteiger partial charge in [-0.25, -0.2) is 0 Å². The van der Waals surface area contributed by atoms with E-state index in [-0.39, 0.29) is 13.8 Å². The summed E-state index contributed by atoms with van der Waals surface area (Å²) in [5.41, 5.74) is 12.1. The van der Waals surface area contributed by atoms with E-state index in [1.165, 1.54) is 57.8 Å². The monoisotopic (exact) mass is 379 g/mol. The molecule has 0 bridgehead atoms. The van der Waals surface area contributed by atoms with Crippen LogP contribution in [0, 0.1) is 0 Å². The molecule has 164 valence electrons. The molecule has 0 unspecified atom stereocenters. The van der Waals surface area contributed by atoms with Gasteiger partial charge in [0.2, 0.25) is 6.41 Å². The highest BCUT2D eigenvalue weighted by atomic mass is 16.1. The van der Waals surface area contributed by atoms with E-state index in [9.17, 15) is 0 Å². The number of hydrogen-bond acceptors (Lipinski definition) is 5. The summed E-state index contributed by atoms with van der Waals surface area (Å²) in [4.78, 5) is 8.58. The van der Waals surface area contributed by atoms with Crippen molar-refractivity contribution in [3.8, 4) is 0 Å². The summed E-state index contributed by atoms with van der Waals surface area (Å²) < 4.78 is 0. The van der Waals surface area contributed by atoms with Gasteiger partial charge in [-0.2, -0.15) is 0 Å². The normalized spacial score (nSPS) is 8.54. The van der Waals surface area contributed by atoms with E-state index in [0.717, 1.165) is 32.6 Å². The van der Waals surface area contributed by atoms with Crippen molar-refractivity contribution in [1.82, 2.24) is 10.7 Å². The predicted molar refractivity (Wildman–Crippen MR) is 120 cm³/mol. The highest BCUT2D eigenvalue weighted by molar-refractivity contribution is 5.42. The summed E-state index contributed by atoms with van der Waals surface area (Å²) in [6.45, 7) is 12.8. The number of carbonyl (C=O) groups excluding carboxylic acids is 1. The Balaban J connectivity index is -0.0000000844. The van der Waals surface area contributed by atoms with Gasteiger partial charge in [-0.3, -0.25) is 16.1 Å². The predicted octanol–water partition coefficient (Wildman–Crippen LogP) is 3.69. The molecule has 0 spiro atoms. The van der Waals surface area contributed by atoms with Gasteiger partial charge in [0.15, 0.2) is 0 Å². The first-order chi connectivity index (χ1) is 12.2. The number of hydrazine groups is 1. The topological polar surface area (TPSA) is 119 Å². The maximum absolute atomic E-state index is 8.58. The van der Waals surface area contributed by atoms with E-state index < -0.39 is 0 Å². The molecule has 0 heterocycles. The molecule has 0 atom stereocenters. The van der Waals surface area contributed by atoms with Gasteiger partial charge in [0, 0.05) is 6.54 Å². The number of primary amides is 1. The number of unbranched alkanes of at least 4 members (excludes halogenated alkanes) is 6. The van der Waals surface area contributed by atoms with Crippen molar-refractivity contribution in [3.63, 3.8) is 0 Å². The molecule has 0 rings (SSSR count). The van der Waals surface area contributed by atoms with Crippen molar-refractivity contribution in [2.24, 2.45) is 17.3 Å². The maximum atomic E-state index is 8.58. The first-order valence-corrected chi connectivity index (χ1v) is 10.2. The SMILES string of the molecule is C.CCCC.CCCCCCN.CCCCCNCCCNN.NC=O. The fourth-order valence-electron chi connectivity index (χ4n) is 1.51. The third-order valence-corrected chi connectivity index (χ3v) is 3.19. The number of amides is 1. The van der Waals surface area contributed by atoms with Gasteiger partial charge in [-0.15, -0.1) is 0 Å². The first-order valence-electron chi connectivity index (χ1n) is 10.2. The molecule has 0 aliphatic heterocycles. The van der Waals surface area contributed by atoms with Crippen molar-refractivity contribution in [2.45, 2.75) is 99.3 Å². The average Bonchev–Trinajstić information content (AvgIpc) is 2.63. The minimum atomic E-state index is 0. The van der Waals surface area contributed by atoms with E-state index in [4.69, 9.17) is 16.4 Å². The van der Waals surface area contributed by atoms with Crippen LogP contribution in [0.25, 0.3) is 0 Å². The number of rotatable bonds is 13. The number of carbonyl (C=O) groups is 1. The Kier molecular flexibility index (Phi) is 69.3. The minimum absolute atomic E-state index is 0. The second-order valence-electron chi connectivity index (χ2n) is 5.75. The molecule has 26 heavy (non-hydrogen) atoms. The number of nitrogens with two attached hydrogens (primary N) is 3. The molecule has 0 fully saturated rings. The second kappa shape index (κ2) is 49.7. The Morgan fingerprint density at radius 3 is 1.58 bits per heavy atom. The van der Waals surface area contributed by atoms with Crippen molar-refractivity contribution >= 4 is 6.41 Å². The largest absolute Gasteiger partial charge is 0.372 e. The van der Waals surface area contributed by atoms with Gasteiger partial charge in [0.05, 0.1) is 0 Å². The molecule has 6 nitrogen and oxygen atoms in total. The fraction of sp³-hybridized carbons (Fsp3) is 0.950. The lowest BCUT2D eigenvalue weighted by atomic mass is 10.2. The molecule has 0 aliphatic carbocycles. The van der Waals surface area contributed by atoms with Gasteiger partial charge in [-0.1, -0.05) is 80.1 Å². The Bertz CT molecular complexity index is 170. The van der Waals surface area contributed by atoms with Crippen LogP contribution in [-0.4, -0.2) is 32.6 Å². The van der Waals surface area contributed by atoms with Gasteiger partial charge >= 0.3 is 0 Å². The Hall–Kier alpha value is -0.690. The zero-order valence-corrected chi connectivity index (χ0v) is 17.6. The Morgan fingerprint density at radius 1 is 0.731 bits per heavy atom. The molecule has 0 saturated carbocycles. The van der Waals surface area contributed by atoms with Crippen molar-refractivity contribution in [1.29, 1.82) is 0 Å². The van der Waals surface area contributed by atoms with Crippen molar-refractivity contribution in [3.05, 3.63) is 0 Å². The third kappa shape index (κ3) is 76.6. The van der Waals surface area contributed by atoms with Crippen LogP contribution in [0.15, 0.2) is 0 Å². The molecule has 0 radical (unpaired) electrons. The van der Waals surface area contributed by atoms with Gasteiger partial charge in [-0.05, 0) is 38.9 Å². The number of nitrogens with one attached hydrogen (secondary N) is 2. The summed E-state index contributed by atoms with van der Waals surface area (Å²) in [7, 11) is 0. The second-order valence-corrected chi connectivity index (χ2v) is 5.75. The van der Waals surface area contributed by atoms with Crippen LogP contribution in [-0.2, 0) is 4.79 Å². The highest BCUT2D eigenvalue weighted by Gasteiger charge is 1.86. The fourth-order valence-corrected chi connectivity index (χ4v) is 1.51. The molecule has 0 saturated heterocycles. The molecule has 0 aromatic rings. The smallest absolute Gasteiger partial charge is 0.204 e. The summed E-state index contributed by atoms with van der Waals surface area (Å²) in [6, 6.07) is 0. The Labute approximate surface area is 165 Å². The third-order valence-electron chi connectivity index (χ3n) is 3.19. The quantitative estimate of drug-likeness (QED) is 0.145. The van der Waals surface area contributed by atoms with Gasteiger partial charge in [0.25, 0.3) is 0 Å². The van der Waals surface area contributed by atoms with Crippen LogP contribution in [0.2, 0.25) is 0 Å². The van der Waals surface area contributed by atoms with Crippen LogP contribution in [0.3, 0.4) is 0 Å². The summed E-state index contributed by atoms with van der Waals surface area (Å²) in [6.07, 6.45) is 13.1. The highest BCUT2D eigenvalue weighted by Crippen LogP contribution is 1.95. The molecule has 6 heteroatoms. The molecular weight excluding hydrogens is 326 g/mol. The van der Waals surface area contributed by atoms with Gasteiger partial charge in [0.1, 0.15) is 0 Å². The summed E-state index contributed by atoms with van der Waals surface area (Å²) in [5.74, 6) is 5.11. The van der Waals surface area contributed by atoms with Crippen LogP contribution in [0.4, 0.5) is 0 Å². The lowest BCUT2D eigenvalue weighted by Crippen LogP contribution is -2.26. The van der Waals surface area contributed by atoms with Crippen LogP contribution in [0.5, 0.6) is 0 Å². The van der Waals surface area contributed by atoms with Gasteiger partial charge < -0.3 is 16.8 Å².